The predicted molar refractivity (Wildman–Crippen MR) is 172 cm³/mol. The smallest absolute Gasteiger partial charge is 0.325 e. The quantitative estimate of drug-likeness (QED) is 0.0905. The summed E-state index contributed by atoms with van der Waals surface area (Å²) in [5.74, 6) is -4.76. The lowest BCUT2D eigenvalue weighted by atomic mass is 10.0. The van der Waals surface area contributed by atoms with Crippen LogP contribution in [0.4, 0.5) is 0 Å². The van der Waals surface area contributed by atoms with Crippen molar-refractivity contribution in [1.82, 2.24) is 21.3 Å². The summed E-state index contributed by atoms with van der Waals surface area (Å²) >= 11 is 0. The number of aromatic hydroxyl groups is 3. The molecule has 15 nitrogen and oxygen atoms in total. The maximum atomic E-state index is 13.8. The van der Waals surface area contributed by atoms with Gasteiger partial charge < -0.3 is 52.5 Å². The number of amides is 4. The van der Waals surface area contributed by atoms with Crippen LogP contribution in [0.25, 0.3) is 0 Å². The molecule has 0 heterocycles. The van der Waals surface area contributed by atoms with Gasteiger partial charge in [-0.2, -0.15) is 0 Å². The number of nitrogens with one attached hydrogen (secondary N) is 4. The van der Waals surface area contributed by atoms with Crippen molar-refractivity contribution in [2.24, 2.45) is 5.73 Å². The van der Waals surface area contributed by atoms with Gasteiger partial charge in [-0.25, -0.2) is 0 Å². The van der Waals surface area contributed by atoms with Gasteiger partial charge in [-0.05, 0) is 66.4 Å². The van der Waals surface area contributed by atoms with Crippen molar-refractivity contribution in [2.75, 3.05) is 6.61 Å². The molecule has 0 spiro atoms. The topological polar surface area (TPSA) is 261 Å². The Balaban J connectivity index is 1.85. The first-order chi connectivity index (χ1) is 22.7. The number of hydrogen-bond donors (Lipinski definition) is 10. The molecular formula is C33H39N5O10. The molecule has 3 aromatic carbocycles. The highest BCUT2D eigenvalue weighted by molar-refractivity contribution is 5.95. The van der Waals surface area contributed by atoms with E-state index in [1.54, 1.807) is 24.3 Å². The lowest BCUT2D eigenvalue weighted by Crippen LogP contribution is -2.59. The number of phenolic OH excluding ortho intramolecular Hbond substituents is 3. The molecule has 11 N–H and O–H groups in total. The third-order valence-corrected chi connectivity index (χ3v) is 7.29. The number of carbonyl (C=O) groups is 5. The third-order valence-electron chi connectivity index (χ3n) is 7.29. The van der Waals surface area contributed by atoms with Crippen LogP contribution in [0.3, 0.4) is 0 Å². The average Bonchev–Trinajstić information content (AvgIpc) is 3.05. The van der Waals surface area contributed by atoms with Crippen LogP contribution in [0.1, 0.15) is 23.6 Å². The van der Waals surface area contributed by atoms with Gasteiger partial charge in [-0.3, -0.25) is 24.0 Å². The number of carbonyl (C=O) groups excluding carboxylic acids is 4. The number of aliphatic hydroxyl groups is 1. The summed E-state index contributed by atoms with van der Waals surface area (Å²) in [6.45, 7) is 0.311. The van der Waals surface area contributed by atoms with Gasteiger partial charge in [0.2, 0.25) is 23.6 Å². The van der Waals surface area contributed by atoms with E-state index in [1.165, 1.54) is 55.5 Å². The summed E-state index contributed by atoms with van der Waals surface area (Å²) in [4.78, 5) is 64.2. The molecule has 48 heavy (non-hydrogen) atoms. The minimum Gasteiger partial charge on any atom is -0.508 e. The zero-order valence-electron chi connectivity index (χ0n) is 26.0. The zero-order chi connectivity index (χ0) is 35.4. The van der Waals surface area contributed by atoms with Crippen molar-refractivity contribution in [2.45, 2.75) is 56.4 Å². The molecule has 0 bridgehead atoms. The molecule has 3 aromatic rings. The summed E-state index contributed by atoms with van der Waals surface area (Å²) in [7, 11) is 0. The Hall–Kier alpha value is -5.67. The number of nitrogens with two attached hydrogens (primary N) is 1. The van der Waals surface area contributed by atoms with Gasteiger partial charge >= 0.3 is 5.97 Å². The molecule has 4 amide bonds. The van der Waals surface area contributed by atoms with Crippen LogP contribution < -0.4 is 27.0 Å². The largest absolute Gasteiger partial charge is 0.508 e. The highest BCUT2D eigenvalue weighted by atomic mass is 16.4. The molecule has 0 unspecified atom stereocenters. The van der Waals surface area contributed by atoms with Crippen LogP contribution in [0.2, 0.25) is 0 Å². The monoisotopic (exact) mass is 665 g/mol. The maximum absolute atomic E-state index is 13.8. The van der Waals surface area contributed by atoms with Gasteiger partial charge in [0.1, 0.15) is 41.4 Å². The second kappa shape index (κ2) is 17.3. The number of rotatable bonds is 16. The molecule has 15 heteroatoms. The van der Waals surface area contributed by atoms with E-state index >= 15 is 0 Å². The van der Waals surface area contributed by atoms with Crippen LogP contribution in [0.5, 0.6) is 17.2 Å². The first-order valence-corrected chi connectivity index (χ1v) is 14.9. The second-order valence-electron chi connectivity index (χ2n) is 11.2. The third kappa shape index (κ3) is 11.3. The summed E-state index contributed by atoms with van der Waals surface area (Å²) in [6.07, 6.45) is -0.147. The fourth-order valence-electron chi connectivity index (χ4n) is 4.53. The van der Waals surface area contributed by atoms with Gasteiger partial charge in [0, 0.05) is 12.8 Å². The van der Waals surface area contributed by atoms with Gasteiger partial charge in [0.25, 0.3) is 0 Å². The molecule has 3 rings (SSSR count). The number of phenols is 3. The molecule has 0 saturated carbocycles. The molecule has 0 aliphatic rings. The molecule has 0 saturated heterocycles. The molecule has 5 atom stereocenters. The highest BCUT2D eigenvalue weighted by Gasteiger charge is 2.31. The van der Waals surface area contributed by atoms with E-state index in [0.717, 1.165) is 0 Å². The normalized spacial score (nSPS) is 14.0. The minimum atomic E-state index is -1.57. The number of carboxylic acid groups (broad SMARTS) is 1. The predicted octanol–water partition coefficient (Wildman–Crippen LogP) is -0.805. The Kier molecular flexibility index (Phi) is 13.3. The van der Waals surface area contributed by atoms with Crippen molar-refractivity contribution < 1.29 is 49.5 Å². The van der Waals surface area contributed by atoms with E-state index in [9.17, 15) is 44.4 Å². The number of hydrogen-bond acceptors (Lipinski definition) is 10. The van der Waals surface area contributed by atoms with Crippen LogP contribution in [-0.4, -0.2) is 91.9 Å². The fourth-order valence-corrected chi connectivity index (χ4v) is 4.53. The van der Waals surface area contributed by atoms with Crippen molar-refractivity contribution >= 4 is 29.6 Å². The lowest BCUT2D eigenvalue weighted by molar-refractivity contribution is -0.142. The van der Waals surface area contributed by atoms with Gasteiger partial charge in [-0.1, -0.05) is 36.4 Å². The van der Waals surface area contributed by atoms with Gasteiger partial charge in [0.15, 0.2) is 0 Å². The molecule has 0 aliphatic carbocycles. The molecule has 0 radical (unpaired) electrons. The van der Waals surface area contributed by atoms with E-state index in [2.05, 4.69) is 21.3 Å². The second-order valence-corrected chi connectivity index (χ2v) is 11.2. The summed E-state index contributed by atoms with van der Waals surface area (Å²) in [5.41, 5.74) is 7.83. The molecule has 0 fully saturated rings. The standard InChI is InChI=1S/C33H39N5O10/c1-18(33(47)48)35-32(46)28(17-39)38-31(45)27(16-21-6-12-24(42)13-7-21)37-30(44)26(15-20-4-10-23(41)11-5-20)36-29(43)25(34)14-19-2-8-22(40)9-3-19/h2-13,18,25-28,39-42H,14-17,34H2,1H3,(H,35,46)(H,36,43)(H,37,44)(H,38,45)(H,47,48)/t18-,25-,26-,27-,28-/m0/s1. The van der Waals surface area contributed by atoms with Crippen LogP contribution in [0, 0.1) is 0 Å². The van der Waals surface area contributed by atoms with Crippen molar-refractivity contribution in [3.05, 3.63) is 89.5 Å². The van der Waals surface area contributed by atoms with E-state index in [4.69, 9.17) is 10.8 Å². The Morgan fingerprint density at radius 3 is 1.27 bits per heavy atom. The zero-order valence-corrected chi connectivity index (χ0v) is 26.0. The molecule has 256 valence electrons. The molecular weight excluding hydrogens is 626 g/mol. The van der Waals surface area contributed by atoms with Crippen molar-refractivity contribution in [3.8, 4) is 17.2 Å². The van der Waals surface area contributed by atoms with Crippen LogP contribution in [-0.2, 0) is 43.2 Å². The number of aliphatic carboxylic acids is 1. The van der Waals surface area contributed by atoms with Crippen LogP contribution >= 0.6 is 0 Å². The van der Waals surface area contributed by atoms with E-state index in [-0.39, 0.29) is 36.5 Å². The Labute approximate surface area is 275 Å². The van der Waals surface area contributed by atoms with Gasteiger partial charge in [-0.15, -0.1) is 0 Å². The highest BCUT2D eigenvalue weighted by Crippen LogP contribution is 2.15. The van der Waals surface area contributed by atoms with Gasteiger partial charge in [0.05, 0.1) is 12.6 Å². The summed E-state index contributed by atoms with van der Waals surface area (Å²) in [6, 6.07) is 11.1. The van der Waals surface area contributed by atoms with E-state index in [0.29, 0.717) is 16.7 Å². The minimum absolute atomic E-state index is 0.0226. The first kappa shape index (κ1) is 36.8. The first-order valence-electron chi connectivity index (χ1n) is 14.9. The van der Waals surface area contributed by atoms with Crippen molar-refractivity contribution in [1.29, 1.82) is 0 Å². The molecule has 0 aliphatic heterocycles. The average molecular weight is 666 g/mol. The molecule has 0 aromatic heterocycles. The Morgan fingerprint density at radius 1 is 0.562 bits per heavy atom. The van der Waals surface area contributed by atoms with Crippen molar-refractivity contribution in [3.63, 3.8) is 0 Å². The maximum Gasteiger partial charge on any atom is 0.325 e. The SMILES string of the molecule is C[C@H](NC(=O)[C@H](CO)NC(=O)[C@H](Cc1ccc(O)cc1)NC(=O)[C@H](Cc1ccc(O)cc1)NC(=O)[C@@H](N)Cc1ccc(O)cc1)C(=O)O. The number of aliphatic hydroxyl groups excluding tert-OH is 1. The summed E-state index contributed by atoms with van der Waals surface area (Å²) < 4.78 is 0. The number of benzene rings is 3. The van der Waals surface area contributed by atoms with E-state index < -0.39 is 66.4 Å². The Morgan fingerprint density at radius 2 is 0.896 bits per heavy atom. The lowest BCUT2D eigenvalue weighted by Gasteiger charge is -2.26. The van der Waals surface area contributed by atoms with E-state index in [1.807, 2.05) is 0 Å². The summed E-state index contributed by atoms with van der Waals surface area (Å²) in [5, 5.41) is 57.5. The van der Waals surface area contributed by atoms with Crippen LogP contribution in [0.15, 0.2) is 72.8 Å². The fraction of sp³-hybridized carbons (Fsp3) is 0.303. The Bertz CT molecular complexity index is 1570. The number of carboxylic acids is 1.